The van der Waals surface area contributed by atoms with Crippen molar-refractivity contribution in [1.29, 1.82) is 0 Å². The number of hydrogen-bond donors (Lipinski definition) is 0. The summed E-state index contributed by atoms with van der Waals surface area (Å²) < 4.78 is 0. The summed E-state index contributed by atoms with van der Waals surface area (Å²) in [4.78, 5) is 17.9. The van der Waals surface area contributed by atoms with E-state index in [-0.39, 0.29) is 0 Å². The van der Waals surface area contributed by atoms with Gasteiger partial charge in [0.15, 0.2) is 0 Å². The van der Waals surface area contributed by atoms with E-state index >= 15 is 0 Å². The van der Waals surface area contributed by atoms with Crippen molar-refractivity contribution >= 4 is 21.8 Å². The van der Waals surface area contributed by atoms with Gasteiger partial charge in [-0.1, -0.05) is 12.1 Å². The zero-order valence-corrected chi connectivity index (χ0v) is 13.9. The largest absolute Gasteiger partial charge is 0.256 e. The Kier molecular flexibility index (Phi) is 3.39. The summed E-state index contributed by atoms with van der Waals surface area (Å²) in [5.74, 6) is 0. The Morgan fingerprint density at radius 2 is 0.962 bits per heavy atom. The molecule has 0 fully saturated rings. The van der Waals surface area contributed by atoms with Crippen LogP contribution in [0.25, 0.3) is 44.3 Å². The van der Waals surface area contributed by atoms with Crippen LogP contribution in [0, 0.1) is 0 Å². The van der Waals surface area contributed by atoms with Gasteiger partial charge in [-0.2, -0.15) is 0 Å². The highest BCUT2D eigenvalue weighted by Crippen LogP contribution is 2.34. The van der Waals surface area contributed by atoms with E-state index in [2.05, 4.69) is 44.2 Å². The SMILES string of the molecule is c1ccc(-c2cc3cc4nccnc4cc3cc2-c2ccccn2)nc1. The molecule has 0 spiro atoms. The molecule has 2 aromatic carbocycles. The molecule has 3 heterocycles. The molecule has 0 aliphatic rings. The topological polar surface area (TPSA) is 51.6 Å². The van der Waals surface area contributed by atoms with Crippen LogP contribution in [0.2, 0.25) is 0 Å². The van der Waals surface area contributed by atoms with E-state index in [1.54, 1.807) is 12.4 Å². The van der Waals surface area contributed by atoms with Gasteiger partial charge in [0.05, 0.1) is 22.4 Å². The predicted molar refractivity (Wildman–Crippen MR) is 104 cm³/mol. The second kappa shape index (κ2) is 6.01. The minimum absolute atomic E-state index is 0.887. The van der Waals surface area contributed by atoms with E-state index in [9.17, 15) is 0 Å². The maximum atomic E-state index is 4.55. The summed E-state index contributed by atoms with van der Waals surface area (Å²) in [6.07, 6.45) is 7.06. The summed E-state index contributed by atoms with van der Waals surface area (Å²) in [5, 5.41) is 2.22. The van der Waals surface area contributed by atoms with Gasteiger partial charge in [-0.05, 0) is 59.3 Å². The summed E-state index contributed by atoms with van der Waals surface area (Å²) in [6, 6.07) is 20.4. The molecule has 0 radical (unpaired) electrons. The molecule has 0 aliphatic carbocycles. The van der Waals surface area contributed by atoms with Crippen molar-refractivity contribution in [3.8, 4) is 22.5 Å². The minimum atomic E-state index is 0.887. The molecule has 0 atom stereocenters. The molecule has 0 unspecified atom stereocenters. The Balaban J connectivity index is 1.86. The molecule has 122 valence electrons. The third-order valence-corrected chi connectivity index (χ3v) is 4.45. The van der Waals surface area contributed by atoms with Gasteiger partial charge in [-0.25, -0.2) is 0 Å². The van der Waals surface area contributed by atoms with Crippen LogP contribution < -0.4 is 0 Å². The van der Waals surface area contributed by atoms with E-state index in [1.807, 2.05) is 48.8 Å². The van der Waals surface area contributed by atoms with E-state index in [4.69, 9.17) is 0 Å². The molecule has 3 aromatic heterocycles. The molecular formula is C22H14N4. The van der Waals surface area contributed by atoms with Crippen molar-refractivity contribution in [1.82, 2.24) is 19.9 Å². The lowest BCUT2D eigenvalue weighted by Gasteiger charge is -2.11. The predicted octanol–water partition coefficient (Wildman–Crippen LogP) is 4.91. The van der Waals surface area contributed by atoms with Gasteiger partial charge < -0.3 is 0 Å². The van der Waals surface area contributed by atoms with Crippen molar-refractivity contribution < 1.29 is 0 Å². The van der Waals surface area contributed by atoms with Gasteiger partial charge in [0.25, 0.3) is 0 Å². The maximum Gasteiger partial charge on any atom is 0.0893 e. The molecule has 26 heavy (non-hydrogen) atoms. The summed E-state index contributed by atoms with van der Waals surface area (Å²) in [5.41, 5.74) is 5.73. The normalized spacial score (nSPS) is 11.1. The van der Waals surface area contributed by atoms with Gasteiger partial charge in [0.2, 0.25) is 0 Å². The highest BCUT2D eigenvalue weighted by Gasteiger charge is 2.12. The van der Waals surface area contributed by atoms with Gasteiger partial charge in [-0.15, -0.1) is 0 Å². The number of aromatic nitrogens is 4. The van der Waals surface area contributed by atoms with Crippen LogP contribution in [-0.4, -0.2) is 19.9 Å². The van der Waals surface area contributed by atoms with Gasteiger partial charge >= 0.3 is 0 Å². The molecule has 0 N–H and O–H groups in total. The first-order valence-electron chi connectivity index (χ1n) is 8.40. The first-order valence-corrected chi connectivity index (χ1v) is 8.40. The average molecular weight is 334 g/mol. The fourth-order valence-corrected chi connectivity index (χ4v) is 3.23. The molecular weight excluding hydrogens is 320 g/mol. The second-order valence-corrected chi connectivity index (χ2v) is 6.07. The van der Waals surface area contributed by atoms with Crippen LogP contribution in [0.5, 0.6) is 0 Å². The maximum absolute atomic E-state index is 4.55. The number of pyridine rings is 2. The van der Waals surface area contributed by atoms with Crippen molar-refractivity contribution in [2.45, 2.75) is 0 Å². The van der Waals surface area contributed by atoms with Crippen LogP contribution in [0.4, 0.5) is 0 Å². The monoisotopic (exact) mass is 334 g/mol. The number of benzene rings is 2. The zero-order chi connectivity index (χ0) is 17.3. The summed E-state index contributed by atoms with van der Waals surface area (Å²) in [7, 11) is 0. The van der Waals surface area contributed by atoms with E-state index in [1.165, 1.54) is 0 Å². The molecule has 5 rings (SSSR count). The number of rotatable bonds is 2. The fraction of sp³-hybridized carbons (Fsp3) is 0. The molecule has 0 saturated heterocycles. The van der Waals surface area contributed by atoms with Crippen molar-refractivity contribution in [2.24, 2.45) is 0 Å². The van der Waals surface area contributed by atoms with Crippen molar-refractivity contribution in [3.05, 3.63) is 85.5 Å². The van der Waals surface area contributed by atoms with Crippen LogP contribution >= 0.6 is 0 Å². The van der Waals surface area contributed by atoms with Crippen molar-refractivity contribution in [2.75, 3.05) is 0 Å². The second-order valence-electron chi connectivity index (χ2n) is 6.07. The first-order chi connectivity index (χ1) is 12.9. The quantitative estimate of drug-likeness (QED) is 0.431. The highest BCUT2D eigenvalue weighted by molar-refractivity contribution is 6.00. The van der Waals surface area contributed by atoms with E-state index in [0.29, 0.717) is 0 Å². The van der Waals surface area contributed by atoms with E-state index in [0.717, 1.165) is 44.3 Å². The third-order valence-electron chi connectivity index (χ3n) is 4.45. The smallest absolute Gasteiger partial charge is 0.0893 e. The Labute approximate surface area is 150 Å². The zero-order valence-electron chi connectivity index (χ0n) is 13.9. The Morgan fingerprint density at radius 1 is 0.462 bits per heavy atom. The fourth-order valence-electron chi connectivity index (χ4n) is 3.23. The standard InChI is InChI=1S/C22H14N4/c1-3-7-23-19(5-1)17-11-15-13-21-22(26-10-9-25-21)14-16(15)12-18(17)20-6-2-4-8-24-20/h1-14H. The minimum Gasteiger partial charge on any atom is -0.256 e. The van der Waals surface area contributed by atoms with E-state index < -0.39 is 0 Å². The molecule has 0 bridgehead atoms. The van der Waals surface area contributed by atoms with Gasteiger partial charge in [-0.3, -0.25) is 19.9 Å². The first kappa shape index (κ1) is 14.7. The van der Waals surface area contributed by atoms with Crippen molar-refractivity contribution in [3.63, 3.8) is 0 Å². The molecule has 0 amide bonds. The average Bonchev–Trinajstić information content (AvgIpc) is 2.72. The summed E-state index contributed by atoms with van der Waals surface area (Å²) >= 11 is 0. The lowest BCUT2D eigenvalue weighted by Crippen LogP contribution is -1.91. The molecule has 4 heteroatoms. The third kappa shape index (κ3) is 2.48. The number of hydrogen-bond acceptors (Lipinski definition) is 4. The molecule has 4 nitrogen and oxygen atoms in total. The lowest BCUT2D eigenvalue weighted by molar-refractivity contribution is 1.29. The molecule has 0 aliphatic heterocycles. The Hall–Kier alpha value is -3.66. The Bertz CT molecular complexity index is 1120. The van der Waals surface area contributed by atoms with Crippen LogP contribution in [0.1, 0.15) is 0 Å². The van der Waals surface area contributed by atoms with Gasteiger partial charge in [0, 0.05) is 35.9 Å². The molecule has 0 saturated carbocycles. The number of nitrogens with zero attached hydrogens (tertiary/aromatic N) is 4. The Morgan fingerprint density at radius 3 is 1.38 bits per heavy atom. The van der Waals surface area contributed by atoms with Crippen LogP contribution in [0.15, 0.2) is 85.5 Å². The summed E-state index contributed by atoms with van der Waals surface area (Å²) in [6.45, 7) is 0. The lowest BCUT2D eigenvalue weighted by atomic mass is 9.95. The number of fused-ring (bicyclic) bond motifs is 2. The van der Waals surface area contributed by atoms with Crippen LogP contribution in [-0.2, 0) is 0 Å². The molecule has 5 aromatic rings. The van der Waals surface area contributed by atoms with Gasteiger partial charge in [0.1, 0.15) is 0 Å². The highest BCUT2D eigenvalue weighted by atomic mass is 14.8. The van der Waals surface area contributed by atoms with Crippen LogP contribution in [0.3, 0.4) is 0 Å².